The Labute approximate surface area is 125 Å². The molecule has 1 saturated heterocycles. The molecule has 6 heteroatoms. The second-order valence-corrected chi connectivity index (χ2v) is 6.22. The van der Waals surface area contributed by atoms with Crippen LogP contribution < -0.4 is 10.2 Å². The smallest absolute Gasteiger partial charge is 0.185 e. The minimum absolute atomic E-state index is 0.282. The average molecular weight is 299 g/mol. The summed E-state index contributed by atoms with van der Waals surface area (Å²) in [5.41, 5.74) is 1.13. The molecule has 1 fully saturated rings. The quantitative estimate of drug-likeness (QED) is 0.812. The van der Waals surface area contributed by atoms with Crippen LogP contribution in [0.5, 0.6) is 0 Å². The number of thiazole rings is 1. The topological polar surface area (TPSA) is 46.6 Å². The highest BCUT2D eigenvalue weighted by Gasteiger charge is 2.19. The van der Waals surface area contributed by atoms with Crippen LogP contribution in [0.25, 0.3) is 0 Å². The number of anilines is 1. The zero-order valence-electron chi connectivity index (χ0n) is 12.6. The summed E-state index contributed by atoms with van der Waals surface area (Å²) in [7, 11) is 1.72. The molecule has 1 unspecified atom stereocenters. The highest BCUT2D eigenvalue weighted by atomic mass is 32.1. The minimum atomic E-state index is 0.282. The van der Waals surface area contributed by atoms with E-state index in [4.69, 9.17) is 14.5 Å². The lowest BCUT2D eigenvalue weighted by Gasteiger charge is -2.20. The van der Waals surface area contributed by atoms with Crippen molar-refractivity contribution in [2.75, 3.05) is 44.9 Å². The lowest BCUT2D eigenvalue weighted by molar-refractivity contribution is 0.0821. The number of nitrogens with one attached hydrogen (secondary N) is 1. The van der Waals surface area contributed by atoms with E-state index >= 15 is 0 Å². The SMILES string of the molecule is COCCNCc1sc(N2CCCOC(C)C2)nc1C. The molecule has 114 valence electrons. The van der Waals surface area contributed by atoms with Crippen LogP contribution >= 0.6 is 11.3 Å². The summed E-state index contributed by atoms with van der Waals surface area (Å²) in [4.78, 5) is 8.40. The molecular formula is C14H25N3O2S. The van der Waals surface area contributed by atoms with Crippen molar-refractivity contribution < 1.29 is 9.47 Å². The fraction of sp³-hybridized carbons (Fsp3) is 0.786. The fourth-order valence-electron chi connectivity index (χ4n) is 2.26. The van der Waals surface area contributed by atoms with Crippen molar-refractivity contribution in [2.24, 2.45) is 0 Å². The molecular weight excluding hydrogens is 274 g/mol. The number of nitrogens with zero attached hydrogens (tertiary/aromatic N) is 2. The van der Waals surface area contributed by atoms with Gasteiger partial charge in [0.15, 0.2) is 5.13 Å². The third-order valence-electron chi connectivity index (χ3n) is 3.37. The molecule has 5 nitrogen and oxygen atoms in total. The molecule has 2 rings (SSSR count). The van der Waals surface area contributed by atoms with Crippen LogP contribution in [0.1, 0.15) is 23.9 Å². The molecule has 0 bridgehead atoms. The Morgan fingerprint density at radius 2 is 2.40 bits per heavy atom. The van der Waals surface area contributed by atoms with Crippen molar-refractivity contribution >= 4 is 16.5 Å². The predicted molar refractivity (Wildman–Crippen MR) is 82.7 cm³/mol. The van der Waals surface area contributed by atoms with Gasteiger partial charge in [0.25, 0.3) is 0 Å². The van der Waals surface area contributed by atoms with E-state index in [1.807, 2.05) is 0 Å². The molecule has 0 radical (unpaired) electrons. The standard InChI is InChI=1S/C14H25N3O2S/c1-11-10-17(6-4-7-19-11)14-16-12(2)13(20-14)9-15-5-8-18-3/h11,15H,4-10H2,1-3H3. The zero-order valence-corrected chi connectivity index (χ0v) is 13.5. The Kier molecular flexibility index (Phi) is 6.22. The molecule has 0 saturated carbocycles. The number of rotatable bonds is 6. The molecule has 0 aromatic carbocycles. The maximum Gasteiger partial charge on any atom is 0.185 e. The summed E-state index contributed by atoms with van der Waals surface area (Å²) in [6, 6.07) is 0. The molecule has 1 aliphatic rings. The van der Waals surface area contributed by atoms with Crippen LogP contribution in [-0.4, -0.2) is 51.0 Å². The number of methoxy groups -OCH3 is 1. The summed E-state index contributed by atoms with van der Waals surface area (Å²) < 4.78 is 10.7. The number of aromatic nitrogens is 1. The van der Waals surface area contributed by atoms with E-state index in [1.54, 1.807) is 18.4 Å². The van der Waals surface area contributed by atoms with Crippen LogP contribution in [0.2, 0.25) is 0 Å². The van der Waals surface area contributed by atoms with Gasteiger partial charge in [-0.1, -0.05) is 0 Å². The first kappa shape index (κ1) is 15.7. The van der Waals surface area contributed by atoms with Gasteiger partial charge in [0.05, 0.1) is 18.4 Å². The Bertz CT molecular complexity index is 411. The van der Waals surface area contributed by atoms with Crippen molar-refractivity contribution in [2.45, 2.75) is 32.9 Å². The van der Waals surface area contributed by atoms with Crippen molar-refractivity contribution in [1.82, 2.24) is 10.3 Å². The van der Waals surface area contributed by atoms with Crippen LogP contribution in [0.15, 0.2) is 0 Å². The van der Waals surface area contributed by atoms with E-state index in [0.717, 1.165) is 56.6 Å². The number of aryl methyl sites for hydroxylation is 1. The van der Waals surface area contributed by atoms with E-state index in [0.29, 0.717) is 0 Å². The van der Waals surface area contributed by atoms with Gasteiger partial charge < -0.3 is 19.7 Å². The van der Waals surface area contributed by atoms with E-state index in [-0.39, 0.29) is 6.10 Å². The molecule has 1 aromatic heterocycles. The second-order valence-electron chi connectivity index (χ2n) is 5.16. The van der Waals surface area contributed by atoms with Gasteiger partial charge in [-0.2, -0.15) is 0 Å². The molecule has 1 N–H and O–H groups in total. The lowest BCUT2D eigenvalue weighted by Crippen LogP contribution is -2.29. The summed E-state index contributed by atoms with van der Waals surface area (Å²) in [5, 5.41) is 4.51. The number of hydrogen-bond acceptors (Lipinski definition) is 6. The van der Waals surface area contributed by atoms with Gasteiger partial charge >= 0.3 is 0 Å². The van der Waals surface area contributed by atoms with Gasteiger partial charge in [0.1, 0.15) is 0 Å². The first-order valence-electron chi connectivity index (χ1n) is 7.23. The van der Waals surface area contributed by atoms with Crippen LogP contribution in [0.4, 0.5) is 5.13 Å². The van der Waals surface area contributed by atoms with Crippen LogP contribution in [0.3, 0.4) is 0 Å². The summed E-state index contributed by atoms with van der Waals surface area (Å²) >= 11 is 1.79. The van der Waals surface area contributed by atoms with Crippen molar-refractivity contribution in [3.8, 4) is 0 Å². The largest absolute Gasteiger partial charge is 0.383 e. The van der Waals surface area contributed by atoms with Gasteiger partial charge in [-0.25, -0.2) is 4.98 Å². The van der Waals surface area contributed by atoms with Crippen molar-refractivity contribution in [1.29, 1.82) is 0 Å². The second kappa shape index (κ2) is 7.93. The molecule has 1 aromatic rings. The number of ether oxygens (including phenoxy) is 2. The first-order chi connectivity index (χ1) is 9.70. The molecule has 0 spiro atoms. The lowest BCUT2D eigenvalue weighted by atomic mass is 10.3. The van der Waals surface area contributed by atoms with Gasteiger partial charge in [0.2, 0.25) is 0 Å². The minimum Gasteiger partial charge on any atom is -0.383 e. The molecule has 0 aliphatic carbocycles. The van der Waals surface area contributed by atoms with E-state index in [2.05, 4.69) is 24.1 Å². The van der Waals surface area contributed by atoms with E-state index < -0.39 is 0 Å². The molecule has 1 atom stereocenters. The monoisotopic (exact) mass is 299 g/mol. The fourth-order valence-corrected chi connectivity index (χ4v) is 3.32. The number of hydrogen-bond donors (Lipinski definition) is 1. The summed E-state index contributed by atoms with van der Waals surface area (Å²) in [6.07, 6.45) is 1.36. The van der Waals surface area contributed by atoms with Crippen molar-refractivity contribution in [3.63, 3.8) is 0 Å². The van der Waals surface area contributed by atoms with Crippen LogP contribution in [-0.2, 0) is 16.0 Å². The molecule has 0 amide bonds. The summed E-state index contributed by atoms with van der Waals surface area (Å²) in [6.45, 7) is 9.53. The molecule has 20 heavy (non-hydrogen) atoms. The summed E-state index contributed by atoms with van der Waals surface area (Å²) in [5.74, 6) is 0. The average Bonchev–Trinajstić information content (AvgIpc) is 2.65. The van der Waals surface area contributed by atoms with Gasteiger partial charge in [-0.05, 0) is 20.3 Å². The highest BCUT2D eigenvalue weighted by Crippen LogP contribution is 2.27. The first-order valence-corrected chi connectivity index (χ1v) is 8.05. The zero-order chi connectivity index (χ0) is 14.4. The Morgan fingerprint density at radius 1 is 1.55 bits per heavy atom. The van der Waals surface area contributed by atoms with Gasteiger partial charge in [-0.3, -0.25) is 0 Å². The molecule has 1 aliphatic heterocycles. The third-order valence-corrected chi connectivity index (χ3v) is 4.59. The maximum absolute atomic E-state index is 5.69. The van der Waals surface area contributed by atoms with Gasteiger partial charge in [-0.15, -0.1) is 11.3 Å². The molecule has 2 heterocycles. The van der Waals surface area contributed by atoms with Crippen molar-refractivity contribution in [3.05, 3.63) is 10.6 Å². The Balaban J connectivity index is 1.94. The normalized spacial score (nSPS) is 20.1. The predicted octanol–water partition coefficient (Wildman–Crippen LogP) is 1.80. The van der Waals surface area contributed by atoms with Gasteiger partial charge in [0, 0.05) is 44.8 Å². The Hall–Kier alpha value is -0.690. The van der Waals surface area contributed by atoms with E-state index in [9.17, 15) is 0 Å². The Morgan fingerprint density at radius 3 is 3.20 bits per heavy atom. The highest BCUT2D eigenvalue weighted by molar-refractivity contribution is 7.15. The van der Waals surface area contributed by atoms with E-state index in [1.165, 1.54) is 4.88 Å². The maximum atomic E-state index is 5.69. The third kappa shape index (κ3) is 4.41. The van der Waals surface area contributed by atoms with Crippen LogP contribution in [0, 0.1) is 6.92 Å².